The Morgan fingerprint density at radius 3 is 2.56 bits per heavy atom. The largest absolute Gasteiger partial charge is 0.383 e. The van der Waals surface area contributed by atoms with Gasteiger partial charge < -0.3 is 15.0 Å². The number of amides is 2. The first kappa shape index (κ1) is 18.7. The molecule has 8 heteroatoms. The maximum atomic E-state index is 12.8. The lowest BCUT2D eigenvalue weighted by molar-refractivity contribution is 0.153. The van der Waals surface area contributed by atoms with Gasteiger partial charge in [0.25, 0.3) is 0 Å². The molecule has 0 saturated heterocycles. The second-order valence-corrected chi connectivity index (χ2v) is 6.30. The lowest BCUT2D eigenvalue weighted by Gasteiger charge is -2.23. The van der Waals surface area contributed by atoms with E-state index < -0.39 is 0 Å². The number of carbonyl (C=O) groups excluding carboxylic acids is 1. The molecule has 8 nitrogen and oxygen atoms in total. The van der Waals surface area contributed by atoms with Crippen LogP contribution in [0, 0.1) is 0 Å². The fraction of sp³-hybridized carbons (Fsp3) is 0.316. The van der Waals surface area contributed by atoms with E-state index >= 15 is 0 Å². The van der Waals surface area contributed by atoms with Gasteiger partial charge in [0, 0.05) is 52.4 Å². The molecular weight excluding hydrogens is 346 g/mol. The van der Waals surface area contributed by atoms with E-state index in [9.17, 15) is 9.59 Å². The number of anilines is 1. The average Bonchev–Trinajstić information content (AvgIpc) is 2.90. The number of urea groups is 1. The number of hydrogen-bond donors (Lipinski definition) is 1. The van der Waals surface area contributed by atoms with Crippen molar-refractivity contribution in [3.8, 4) is 0 Å². The Hall–Kier alpha value is -3.13. The third-order valence-electron chi connectivity index (χ3n) is 4.50. The molecule has 0 aliphatic carbocycles. The second-order valence-electron chi connectivity index (χ2n) is 6.30. The van der Waals surface area contributed by atoms with Crippen LogP contribution in [-0.4, -0.2) is 45.3 Å². The minimum absolute atomic E-state index is 0.104. The summed E-state index contributed by atoms with van der Waals surface area (Å²) < 4.78 is 8.26. The molecule has 27 heavy (non-hydrogen) atoms. The summed E-state index contributed by atoms with van der Waals surface area (Å²) in [5.41, 5.74) is 3.09. The number of pyridine rings is 1. The van der Waals surface area contributed by atoms with Crippen molar-refractivity contribution in [3.63, 3.8) is 0 Å². The summed E-state index contributed by atoms with van der Waals surface area (Å²) in [7, 11) is 5.04. The van der Waals surface area contributed by atoms with Gasteiger partial charge in [-0.05, 0) is 35.9 Å². The first-order valence-corrected chi connectivity index (χ1v) is 8.60. The van der Waals surface area contributed by atoms with Crippen molar-refractivity contribution in [2.45, 2.75) is 6.54 Å². The summed E-state index contributed by atoms with van der Waals surface area (Å²) in [5, 5.41) is 2.91. The van der Waals surface area contributed by atoms with Gasteiger partial charge in [-0.25, -0.2) is 9.59 Å². The maximum absolute atomic E-state index is 12.8. The van der Waals surface area contributed by atoms with Crippen LogP contribution in [0.1, 0.15) is 5.56 Å². The van der Waals surface area contributed by atoms with Gasteiger partial charge in [-0.15, -0.1) is 0 Å². The predicted molar refractivity (Wildman–Crippen MR) is 104 cm³/mol. The summed E-state index contributed by atoms with van der Waals surface area (Å²) >= 11 is 0. The van der Waals surface area contributed by atoms with E-state index in [0.29, 0.717) is 25.4 Å². The van der Waals surface area contributed by atoms with E-state index in [1.807, 2.05) is 18.2 Å². The second kappa shape index (κ2) is 8.05. The lowest BCUT2D eigenvalue weighted by atomic mass is 10.2. The first-order valence-electron chi connectivity index (χ1n) is 8.60. The predicted octanol–water partition coefficient (Wildman–Crippen LogP) is 1.95. The lowest BCUT2D eigenvalue weighted by Crippen LogP contribution is -2.36. The van der Waals surface area contributed by atoms with Crippen LogP contribution in [0.3, 0.4) is 0 Å². The third kappa shape index (κ3) is 4.01. The van der Waals surface area contributed by atoms with Gasteiger partial charge >= 0.3 is 11.7 Å². The molecule has 0 aliphatic rings. The van der Waals surface area contributed by atoms with Crippen LogP contribution in [0.15, 0.2) is 47.5 Å². The van der Waals surface area contributed by atoms with Crippen LogP contribution < -0.4 is 11.0 Å². The van der Waals surface area contributed by atoms with Gasteiger partial charge in [0.1, 0.15) is 0 Å². The van der Waals surface area contributed by atoms with Crippen molar-refractivity contribution < 1.29 is 9.53 Å². The zero-order chi connectivity index (χ0) is 19.4. The highest BCUT2D eigenvalue weighted by Crippen LogP contribution is 2.18. The van der Waals surface area contributed by atoms with Gasteiger partial charge in [0.2, 0.25) is 0 Å². The Bertz CT molecular complexity index is 994. The number of methoxy groups -OCH3 is 1. The summed E-state index contributed by atoms with van der Waals surface area (Å²) in [6.07, 6.45) is 3.40. The quantitative estimate of drug-likeness (QED) is 0.720. The first-order chi connectivity index (χ1) is 13.0. The molecule has 2 amide bonds. The van der Waals surface area contributed by atoms with Crippen molar-refractivity contribution in [2.24, 2.45) is 14.1 Å². The number of fused-ring (bicyclic) bond motifs is 1. The Balaban J connectivity index is 1.81. The van der Waals surface area contributed by atoms with Gasteiger partial charge in [0.05, 0.1) is 17.6 Å². The van der Waals surface area contributed by atoms with Crippen molar-refractivity contribution in [3.05, 3.63) is 58.8 Å². The number of imidazole rings is 1. The molecule has 2 heterocycles. The Morgan fingerprint density at radius 1 is 1.15 bits per heavy atom. The zero-order valence-electron chi connectivity index (χ0n) is 15.7. The number of nitrogens with zero attached hydrogens (tertiary/aromatic N) is 4. The Kier molecular flexibility index (Phi) is 5.56. The van der Waals surface area contributed by atoms with Crippen LogP contribution in [0.25, 0.3) is 11.0 Å². The number of nitrogens with one attached hydrogen (secondary N) is 1. The van der Waals surface area contributed by atoms with Crippen LogP contribution in [0.2, 0.25) is 0 Å². The number of aromatic nitrogens is 3. The number of ether oxygens (including phenoxy) is 1. The third-order valence-corrected chi connectivity index (χ3v) is 4.50. The highest BCUT2D eigenvalue weighted by atomic mass is 16.5. The normalized spacial score (nSPS) is 10.9. The van der Waals surface area contributed by atoms with Crippen molar-refractivity contribution in [2.75, 3.05) is 25.6 Å². The van der Waals surface area contributed by atoms with E-state index in [4.69, 9.17) is 4.74 Å². The molecule has 1 N–H and O–H groups in total. The minimum atomic E-state index is -0.232. The van der Waals surface area contributed by atoms with Crippen molar-refractivity contribution >= 4 is 22.8 Å². The van der Waals surface area contributed by atoms with Crippen LogP contribution in [0.4, 0.5) is 10.5 Å². The highest BCUT2D eigenvalue weighted by molar-refractivity contribution is 5.92. The number of hydrogen-bond acceptors (Lipinski definition) is 4. The van der Waals surface area contributed by atoms with E-state index in [0.717, 1.165) is 16.6 Å². The number of carbonyl (C=O) groups is 1. The van der Waals surface area contributed by atoms with Crippen LogP contribution in [0.5, 0.6) is 0 Å². The molecule has 2 aromatic heterocycles. The Labute approximate surface area is 157 Å². The van der Waals surface area contributed by atoms with Gasteiger partial charge in [-0.2, -0.15) is 0 Å². The Morgan fingerprint density at radius 2 is 1.85 bits per heavy atom. The molecule has 0 saturated carbocycles. The molecule has 0 spiro atoms. The summed E-state index contributed by atoms with van der Waals surface area (Å²) in [5.74, 6) is 0. The molecule has 0 aliphatic heterocycles. The fourth-order valence-corrected chi connectivity index (χ4v) is 2.95. The van der Waals surface area contributed by atoms with Gasteiger partial charge in [0.15, 0.2) is 0 Å². The molecule has 0 radical (unpaired) electrons. The summed E-state index contributed by atoms with van der Waals surface area (Å²) in [4.78, 5) is 30.5. The molecule has 3 aromatic rings. The highest BCUT2D eigenvalue weighted by Gasteiger charge is 2.15. The molecule has 0 bridgehead atoms. The number of benzene rings is 1. The van der Waals surface area contributed by atoms with E-state index in [2.05, 4.69) is 10.3 Å². The molecule has 0 fully saturated rings. The van der Waals surface area contributed by atoms with E-state index in [-0.39, 0.29) is 11.7 Å². The number of aryl methyl sites for hydroxylation is 2. The molecule has 142 valence electrons. The average molecular weight is 369 g/mol. The molecule has 1 aromatic carbocycles. The minimum Gasteiger partial charge on any atom is -0.383 e. The molecule has 0 atom stereocenters. The SMILES string of the molecule is COCCN(Cc1ccncc1)C(=O)Nc1ccc2c(c1)n(C)c(=O)n2C. The molecular formula is C19H23N5O3. The smallest absolute Gasteiger partial charge is 0.328 e. The standard InChI is InChI=1S/C19H23N5O3/c1-22-16-5-4-15(12-17(16)23(2)19(22)26)21-18(25)24(10-11-27-3)13-14-6-8-20-9-7-14/h4-9,12H,10-11,13H2,1-3H3,(H,21,25). The monoisotopic (exact) mass is 369 g/mol. The molecule has 3 rings (SSSR count). The maximum Gasteiger partial charge on any atom is 0.328 e. The van der Waals surface area contributed by atoms with Crippen molar-refractivity contribution in [1.29, 1.82) is 0 Å². The molecule has 0 unspecified atom stereocenters. The van der Waals surface area contributed by atoms with Crippen LogP contribution in [-0.2, 0) is 25.4 Å². The van der Waals surface area contributed by atoms with Gasteiger partial charge in [-0.1, -0.05) is 0 Å². The fourth-order valence-electron chi connectivity index (χ4n) is 2.95. The van der Waals surface area contributed by atoms with Crippen molar-refractivity contribution in [1.82, 2.24) is 19.0 Å². The topological polar surface area (TPSA) is 81.4 Å². The van der Waals surface area contributed by atoms with Crippen LogP contribution >= 0.6 is 0 Å². The number of rotatable bonds is 6. The van der Waals surface area contributed by atoms with E-state index in [1.165, 1.54) is 0 Å². The van der Waals surface area contributed by atoms with E-state index in [1.54, 1.807) is 59.8 Å². The van der Waals surface area contributed by atoms with Gasteiger partial charge in [-0.3, -0.25) is 14.1 Å². The zero-order valence-corrected chi connectivity index (χ0v) is 15.7. The summed E-state index contributed by atoms with van der Waals surface area (Å²) in [6, 6.07) is 8.94. The summed E-state index contributed by atoms with van der Waals surface area (Å²) in [6.45, 7) is 1.34.